The number of nitrogens with zero attached hydrogens (tertiary/aromatic N) is 3. The molecular weight excluding hydrogens is 478 g/mol. The van der Waals surface area contributed by atoms with Crippen LogP contribution in [0, 0.1) is 0 Å². The smallest absolute Gasteiger partial charge is 0.265 e. The van der Waals surface area contributed by atoms with Crippen LogP contribution in [0.15, 0.2) is 48.5 Å². The lowest BCUT2D eigenvalue weighted by molar-refractivity contribution is -0.121. The molecule has 2 atom stereocenters. The van der Waals surface area contributed by atoms with Gasteiger partial charge in [-0.3, -0.25) is 19.4 Å². The molecule has 0 saturated carbocycles. The van der Waals surface area contributed by atoms with Crippen LogP contribution in [-0.4, -0.2) is 92.7 Å². The van der Waals surface area contributed by atoms with Crippen LogP contribution >= 0.6 is 0 Å². The van der Waals surface area contributed by atoms with Gasteiger partial charge in [0.05, 0.1) is 5.69 Å². The van der Waals surface area contributed by atoms with Crippen molar-refractivity contribution in [2.24, 2.45) is 0 Å². The fourth-order valence-electron chi connectivity index (χ4n) is 6.93. The first-order chi connectivity index (χ1) is 18.7. The van der Waals surface area contributed by atoms with Crippen LogP contribution in [0.2, 0.25) is 0 Å². The summed E-state index contributed by atoms with van der Waals surface area (Å²) in [6.45, 7) is 7.37. The molecular formula is C30H39N5O3. The van der Waals surface area contributed by atoms with E-state index >= 15 is 0 Å². The van der Waals surface area contributed by atoms with Gasteiger partial charge in [0, 0.05) is 70.0 Å². The van der Waals surface area contributed by atoms with E-state index in [0.29, 0.717) is 31.1 Å². The Bertz CT molecular complexity index is 1140. The van der Waals surface area contributed by atoms with Gasteiger partial charge in [0.2, 0.25) is 0 Å². The Hall–Kier alpha value is -2.94. The summed E-state index contributed by atoms with van der Waals surface area (Å²) in [4.78, 5) is 32.8. The maximum Gasteiger partial charge on any atom is 0.265 e. The Morgan fingerprint density at radius 1 is 0.947 bits per heavy atom. The Balaban J connectivity index is 1.07. The predicted molar refractivity (Wildman–Crippen MR) is 148 cm³/mol. The number of para-hydroxylation sites is 2. The van der Waals surface area contributed by atoms with Gasteiger partial charge in [-0.2, -0.15) is 0 Å². The fourth-order valence-corrected chi connectivity index (χ4v) is 6.93. The Morgan fingerprint density at radius 3 is 2.50 bits per heavy atom. The minimum Gasteiger partial charge on any atom is -0.482 e. The van der Waals surface area contributed by atoms with E-state index in [1.165, 1.54) is 18.4 Å². The van der Waals surface area contributed by atoms with Crippen molar-refractivity contribution in [2.45, 2.75) is 43.7 Å². The van der Waals surface area contributed by atoms with Crippen molar-refractivity contribution in [3.05, 3.63) is 59.7 Å². The molecule has 38 heavy (non-hydrogen) atoms. The average Bonchev–Trinajstić information content (AvgIpc) is 3.19. The molecule has 6 rings (SSSR count). The highest BCUT2D eigenvalue weighted by atomic mass is 16.5. The Labute approximate surface area is 225 Å². The van der Waals surface area contributed by atoms with E-state index in [9.17, 15) is 9.59 Å². The number of rotatable bonds is 8. The minimum atomic E-state index is 0.0304. The van der Waals surface area contributed by atoms with E-state index in [0.717, 1.165) is 69.1 Å². The van der Waals surface area contributed by atoms with Gasteiger partial charge in [-0.25, -0.2) is 0 Å². The monoisotopic (exact) mass is 517 g/mol. The average molecular weight is 518 g/mol. The van der Waals surface area contributed by atoms with Gasteiger partial charge < -0.3 is 20.3 Å². The number of hydrogen-bond donors (Lipinski definition) is 2. The van der Waals surface area contributed by atoms with Gasteiger partial charge in [-0.05, 0) is 55.4 Å². The molecule has 2 bridgehead atoms. The SMILES string of the molecule is O=C(NCCN1CCNCC1)c1ccccc1C1CC2CCC(C1)N2CCN1C(=O)COc2ccccc21. The van der Waals surface area contributed by atoms with E-state index in [1.807, 2.05) is 41.3 Å². The molecule has 0 radical (unpaired) electrons. The summed E-state index contributed by atoms with van der Waals surface area (Å²) in [5, 5.41) is 6.56. The molecule has 4 heterocycles. The third kappa shape index (κ3) is 5.30. The summed E-state index contributed by atoms with van der Waals surface area (Å²) in [6.07, 6.45) is 4.51. The second-order valence-electron chi connectivity index (χ2n) is 11.0. The lowest BCUT2D eigenvalue weighted by atomic mass is 9.82. The van der Waals surface area contributed by atoms with Crippen LogP contribution in [0.25, 0.3) is 0 Å². The standard InChI is InChI=1S/C30H39N5O3/c36-29-21-38-28-8-4-3-7-27(28)35(29)18-17-34-23-9-10-24(34)20-22(19-23)25-5-1-2-6-26(25)30(37)32-13-16-33-14-11-31-12-15-33/h1-8,22-24,31H,9-21H2,(H,32,37). The van der Waals surface area contributed by atoms with Crippen molar-refractivity contribution in [3.8, 4) is 5.75 Å². The molecule has 8 nitrogen and oxygen atoms in total. The van der Waals surface area contributed by atoms with Crippen LogP contribution in [0.1, 0.15) is 47.5 Å². The number of nitrogens with one attached hydrogen (secondary N) is 2. The van der Waals surface area contributed by atoms with Crippen molar-refractivity contribution in [1.82, 2.24) is 20.4 Å². The van der Waals surface area contributed by atoms with Crippen molar-refractivity contribution in [1.29, 1.82) is 0 Å². The number of piperazine rings is 1. The van der Waals surface area contributed by atoms with Crippen molar-refractivity contribution in [3.63, 3.8) is 0 Å². The molecule has 2 unspecified atom stereocenters. The van der Waals surface area contributed by atoms with Gasteiger partial charge in [0.1, 0.15) is 5.75 Å². The number of anilines is 1. The highest BCUT2D eigenvalue weighted by molar-refractivity contribution is 5.98. The maximum absolute atomic E-state index is 13.2. The Morgan fingerprint density at radius 2 is 1.68 bits per heavy atom. The molecule has 4 aliphatic heterocycles. The molecule has 2 aromatic rings. The molecule has 0 aromatic heterocycles. The molecule has 2 N–H and O–H groups in total. The van der Waals surface area contributed by atoms with Crippen LogP contribution in [0.3, 0.4) is 0 Å². The van der Waals surface area contributed by atoms with Crippen molar-refractivity contribution < 1.29 is 14.3 Å². The zero-order valence-corrected chi connectivity index (χ0v) is 22.1. The predicted octanol–water partition coefficient (Wildman–Crippen LogP) is 2.46. The molecule has 3 saturated heterocycles. The van der Waals surface area contributed by atoms with E-state index in [2.05, 4.69) is 32.6 Å². The molecule has 0 spiro atoms. The number of hydrogen-bond acceptors (Lipinski definition) is 6. The number of carbonyl (C=O) groups is 2. The summed E-state index contributed by atoms with van der Waals surface area (Å²) in [7, 11) is 0. The zero-order valence-electron chi connectivity index (χ0n) is 22.1. The number of piperidine rings is 1. The number of carbonyl (C=O) groups excluding carboxylic acids is 2. The largest absolute Gasteiger partial charge is 0.482 e. The number of fused-ring (bicyclic) bond motifs is 3. The summed E-state index contributed by atoms with van der Waals surface area (Å²) in [5.74, 6) is 1.26. The van der Waals surface area contributed by atoms with E-state index in [-0.39, 0.29) is 18.4 Å². The lowest BCUT2D eigenvalue weighted by Crippen LogP contribution is -2.48. The number of ether oxygens (including phenoxy) is 1. The molecule has 2 aromatic carbocycles. The molecule has 8 heteroatoms. The summed E-state index contributed by atoms with van der Waals surface area (Å²) < 4.78 is 5.62. The Kier molecular flexibility index (Phi) is 7.63. The molecule has 2 amide bonds. The van der Waals surface area contributed by atoms with E-state index < -0.39 is 0 Å². The maximum atomic E-state index is 13.2. The lowest BCUT2D eigenvalue weighted by Gasteiger charge is -2.41. The van der Waals surface area contributed by atoms with E-state index in [1.54, 1.807) is 0 Å². The van der Waals surface area contributed by atoms with Gasteiger partial charge >= 0.3 is 0 Å². The summed E-state index contributed by atoms with van der Waals surface area (Å²) in [5.41, 5.74) is 2.91. The first-order valence-corrected chi connectivity index (χ1v) is 14.3. The summed E-state index contributed by atoms with van der Waals surface area (Å²) in [6, 6.07) is 17.0. The van der Waals surface area contributed by atoms with Gasteiger partial charge in [-0.15, -0.1) is 0 Å². The van der Waals surface area contributed by atoms with Crippen molar-refractivity contribution in [2.75, 3.05) is 63.9 Å². The summed E-state index contributed by atoms with van der Waals surface area (Å²) >= 11 is 0. The van der Waals surface area contributed by atoms with Gasteiger partial charge in [-0.1, -0.05) is 30.3 Å². The van der Waals surface area contributed by atoms with Crippen LogP contribution in [0.5, 0.6) is 5.75 Å². The molecule has 4 aliphatic rings. The zero-order chi connectivity index (χ0) is 25.9. The highest BCUT2D eigenvalue weighted by Crippen LogP contribution is 2.44. The third-order valence-corrected chi connectivity index (χ3v) is 8.84. The number of amides is 2. The molecule has 202 valence electrons. The first kappa shape index (κ1) is 25.3. The third-order valence-electron chi connectivity index (χ3n) is 8.84. The second kappa shape index (κ2) is 11.4. The second-order valence-corrected chi connectivity index (χ2v) is 11.0. The first-order valence-electron chi connectivity index (χ1n) is 14.3. The topological polar surface area (TPSA) is 77.2 Å². The molecule has 3 fully saturated rings. The van der Waals surface area contributed by atoms with Gasteiger partial charge in [0.15, 0.2) is 6.61 Å². The fraction of sp³-hybridized carbons (Fsp3) is 0.533. The van der Waals surface area contributed by atoms with Crippen LogP contribution in [0.4, 0.5) is 5.69 Å². The number of benzene rings is 2. The molecule has 0 aliphatic carbocycles. The van der Waals surface area contributed by atoms with E-state index in [4.69, 9.17) is 4.74 Å². The van der Waals surface area contributed by atoms with Crippen LogP contribution < -0.4 is 20.3 Å². The van der Waals surface area contributed by atoms with Crippen LogP contribution in [-0.2, 0) is 4.79 Å². The van der Waals surface area contributed by atoms with Crippen molar-refractivity contribution >= 4 is 17.5 Å². The highest BCUT2D eigenvalue weighted by Gasteiger charge is 2.42. The quantitative estimate of drug-likeness (QED) is 0.560. The minimum absolute atomic E-state index is 0.0304. The van der Waals surface area contributed by atoms with Gasteiger partial charge in [0.25, 0.3) is 11.8 Å². The normalized spacial score (nSPS) is 25.6.